The fraction of sp³-hybridized carbons (Fsp3) is 0.333. The van der Waals surface area contributed by atoms with Crippen LogP contribution >= 0.6 is 11.8 Å². The zero-order valence-corrected chi connectivity index (χ0v) is 12.1. The second-order valence-electron chi connectivity index (χ2n) is 5.10. The number of halogens is 1. The van der Waals surface area contributed by atoms with Crippen LogP contribution in [0, 0.1) is 12.7 Å². The monoisotopic (exact) mass is 289 g/mol. The van der Waals surface area contributed by atoms with Crippen molar-refractivity contribution in [1.82, 2.24) is 15.3 Å². The first-order valence-electron chi connectivity index (χ1n) is 6.68. The normalized spacial score (nSPS) is 14.5. The topological polar surface area (TPSA) is 37.8 Å². The van der Waals surface area contributed by atoms with E-state index in [2.05, 4.69) is 15.3 Å². The zero-order valence-electron chi connectivity index (χ0n) is 11.3. The Labute approximate surface area is 122 Å². The van der Waals surface area contributed by atoms with Crippen molar-refractivity contribution < 1.29 is 4.39 Å². The first kappa shape index (κ1) is 13.5. The number of nitrogens with zero attached hydrogens (tertiary/aromatic N) is 2. The molecule has 1 saturated carbocycles. The van der Waals surface area contributed by atoms with Gasteiger partial charge in [0.05, 0.1) is 0 Å². The smallest absolute Gasteiger partial charge is 0.192 e. The fourth-order valence-electron chi connectivity index (χ4n) is 1.87. The third-order valence-corrected chi connectivity index (χ3v) is 3.93. The first-order valence-corrected chi connectivity index (χ1v) is 7.50. The van der Waals surface area contributed by atoms with E-state index >= 15 is 0 Å². The maximum absolute atomic E-state index is 13.7. The van der Waals surface area contributed by atoms with Gasteiger partial charge in [-0.25, -0.2) is 14.4 Å². The molecule has 1 aliphatic carbocycles. The largest absolute Gasteiger partial charge is 0.310 e. The molecule has 1 N–H and O–H groups in total. The van der Waals surface area contributed by atoms with Crippen LogP contribution in [0.15, 0.2) is 40.6 Å². The molecule has 2 aromatic rings. The zero-order chi connectivity index (χ0) is 13.9. The summed E-state index contributed by atoms with van der Waals surface area (Å²) in [4.78, 5) is 9.30. The summed E-state index contributed by atoms with van der Waals surface area (Å²) in [6, 6.07) is 5.71. The van der Waals surface area contributed by atoms with Crippen molar-refractivity contribution in [3.63, 3.8) is 0 Å². The van der Waals surface area contributed by atoms with Crippen LogP contribution in [0.3, 0.4) is 0 Å². The molecule has 1 aliphatic rings. The van der Waals surface area contributed by atoms with Gasteiger partial charge in [0.25, 0.3) is 0 Å². The van der Waals surface area contributed by atoms with E-state index in [-0.39, 0.29) is 5.82 Å². The van der Waals surface area contributed by atoms with Crippen molar-refractivity contribution in [3.8, 4) is 0 Å². The number of rotatable bonds is 5. The summed E-state index contributed by atoms with van der Waals surface area (Å²) >= 11 is 1.38. The van der Waals surface area contributed by atoms with Crippen LogP contribution in [0.25, 0.3) is 0 Å². The van der Waals surface area contributed by atoms with Crippen LogP contribution in [0.2, 0.25) is 0 Å². The lowest BCUT2D eigenvalue weighted by molar-refractivity contribution is 0.615. The Morgan fingerprint density at radius 2 is 2.00 bits per heavy atom. The second-order valence-corrected chi connectivity index (χ2v) is 6.14. The molecular formula is C15H16FN3S. The van der Waals surface area contributed by atoms with Crippen LogP contribution in [-0.2, 0) is 6.54 Å². The molecule has 0 bridgehead atoms. The van der Waals surface area contributed by atoms with E-state index in [9.17, 15) is 4.39 Å². The molecule has 1 fully saturated rings. The molecule has 20 heavy (non-hydrogen) atoms. The maximum atomic E-state index is 13.7. The van der Waals surface area contributed by atoms with E-state index in [0.29, 0.717) is 17.7 Å². The Morgan fingerprint density at radius 1 is 1.25 bits per heavy atom. The number of hydrogen-bond acceptors (Lipinski definition) is 4. The molecule has 0 saturated heterocycles. The van der Waals surface area contributed by atoms with Crippen molar-refractivity contribution in [2.45, 2.75) is 42.4 Å². The second kappa shape index (κ2) is 5.89. The van der Waals surface area contributed by atoms with Gasteiger partial charge >= 0.3 is 0 Å². The number of hydrogen-bond donors (Lipinski definition) is 1. The molecule has 0 amide bonds. The molecule has 0 radical (unpaired) electrons. The predicted octanol–water partition coefficient (Wildman–Crippen LogP) is 3.33. The lowest BCUT2D eigenvalue weighted by Gasteiger charge is -2.06. The summed E-state index contributed by atoms with van der Waals surface area (Å²) < 4.78 is 13.7. The highest BCUT2D eigenvalue weighted by Gasteiger charge is 2.20. The van der Waals surface area contributed by atoms with Crippen LogP contribution < -0.4 is 5.32 Å². The van der Waals surface area contributed by atoms with Crippen molar-refractivity contribution in [2.75, 3.05) is 0 Å². The van der Waals surface area contributed by atoms with Gasteiger partial charge in [-0.15, -0.1) is 0 Å². The Kier molecular flexibility index (Phi) is 3.98. The minimum Gasteiger partial charge on any atom is -0.310 e. The first-order chi connectivity index (χ1) is 9.69. The highest BCUT2D eigenvalue weighted by atomic mass is 32.2. The summed E-state index contributed by atoms with van der Waals surface area (Å²) in [5, 5.41) is 4.03. The van der Waals surface area contributed by atoms with Gasteiger partial charge in [0.15, 0.2) is 5.16 Å². The Bertz CT molecular complexity index is 597. The maximum Gasteiger partial charge on any atom is 0.192 e. The average Bonchev–Trinajstić information content (AvgIpc) is 3.23. The molecule has 3 nitrogen and oxygen atoms in total. The van der Waals surface area contributed by atoms with Gasteiger partial charge in [-0.1, -0.05) is 0 Å². The molecule has 1 aromatic carbocycles. The Morgan fingerprint density at radius 3 is 2.70 bits per heavy atom. The Balaban J connectivity index is 1.72. The summed E-state index contributed by atoms with van der Waals surface area (Å²) in [5.41, 5.74) is 1.98. The lowest BCUT2D eigenvalue weighted by atomic mass is 10.2. The molecule has 3 rings (SSSR count). The van der Waals surface area contributed by atoms with Crippen molar-refractivity contribution >= 4 is 11.8 Å². The molecule has 0 unspecified atom stereocenters. The summed E-state index contributed by atoms with van der Waals surface area (Å²) in [6.45, 7) is 2.66. The minimum absolute atomic E-state index is 0.213. The molecule has 104 valence electrons. The lowest BCUT2D eigenvalue weighted by Crippen LogP contribution is -2.15. The molecule has 0 aliphatic heterocycles. The van der Waals surface area contributed by atoms with E-state index in [1.54, 1.807) is 18.5 Å². The van der Waals surface area contributed by atoms with Crippen molar-refractivity contribution in [3.05, 3.63) is 47.5 Å². The average molecular weight is 289 g/mol. The summed E-state index contributed by atoms with van der Waals surface area (Å²) in [6.07, 6.45) is 6.00. The van der Waals surface area contributed by atoms with Crippen molar-refractivity contribution in [1.29, 1.82) is 0 Å². The van der Waals surface area contributed by atoms with Crippen LogP contribution in [-0.4, -0.2) is 16.0 Å². The summed E-state index contributed by atoms with van der Waals surface area (Å²) in [7, 11) is 0. The van der Waals surface area contributed by atoms with E-state index in [1.165, 1.54) is 30.7 Å². The molecular weight excluding hydrogens is 273 g/mol. The molecule has 1 heterocycles. The van der Waals surface area contributed by atoms with Gasteiger partial charge in [-0.05, 0) is 60.9 Å². The highest BCUT2D eigenvalue weighted by Crippen LogP contribution is 2.27. The standard InChI is InChI=1S/C15H16FN3S/c1-10-7-18-15(19-8-10)20-14-5-11(4-12(16)6-14)9-17-13-2-3-13/h4-8,13,17H,2-3,9H2,1H3. The molecule has 5 heteroatoms. The van der Waals surface area contributed by atoms with Crippen LogP contribution in [0.1, 0.15) is 24.0 Å². The number of benzene rings is 1. The van der Waals surface area contributed by atoms with E-state index in [0.717, 1.165) is 16.0 Å². The minimum atomic E-state index is -0.213. The van der Waals surface area contributed by atoms with Crippen LogP contribution in [0.5, 0.6) is 0 Å². The summed E-state index contributed by atoms with van der Waals surface area (Å²) in [5.74, 6) is -0.213. The van der Waals surface area contributed by atoms with E-state index in [1.807, 2.05) is 13.0 Å². The number of aromatic nitrogens is 2. The molecule has 0 atom stereocenters. The number of aryl methyl sites for hydroxylation is 1. The fourth-order valence-corrected chi connectivity index (χ4v) is 2.67. The van der Waals surface area contributed by atoms with Gasteiger partial charge in [-0.3, -0.25) is 0 Å². The van der Waals surface area contributed by atoms with Gasteiger partial charge in [-0.2, -0.15) is 0 Å². The SMILES string of the molecule is Cc1cnc(Sc2cc(F)cc(CNC3CC3)c2)nc1. The predicted molar refractivity (Wildman–Crippen MR) is 77.2 cm³/mol. The van der Waals surface area contributed by atoms with E-state index in [4.69, 9.17) is 0 Å². The molecule has 1 aromatic heterocycles. The van der Waals surface area contributed by atoms with Gasteiger partial charge in [0.1, 0.15) is 5.82 Å². The molecule has 0 spiro atoms. The van der Waals surface area contributed by atoms with Gasteiger partial charge in [0.2, 0.25) is 0 Å². The van der Waals surface area contributed by atoms with E-state index < -0.39 is 0 Å². The number of nitrogens with one attached hydrogen (secondary N) is 1. The third kappa shape index (κ3) is 3.77. The van der Waals surface area contributed by atoms with Crippen molar-refractivity contribution in [2.24, 2.45) is 0 Å². The Hall–Kier alpha value is -1.46. The highest BCUT2D eigenvalue weighted by molar-refractivity contribution is 7.99. The quantitative estimate of drug-likeness (QED) is 0.857. The van der Waals surface area contributed by atoms with Crippen LogP contribution in [0.4, 0.5) is 4.39 Å². The van der Waals surface area contributed by atoms with Gasteiger partial charge in [0, 0.05) is 29.9 Å². The third-order valence-electron chi connectivity index (χ3n) is 3.07. The van der Waals surface area contributed by atoms with Gasteiger partial charge < -0.3 is 5.32 Å².